The summed E-state index contributed by atoms with van der Waals surface area (Å²) >= 11 is 3.61. The van der Waals surface area contributed by atoms with Gasteiger partial charge in [0, 0.05) is 16.7 Å². The maximum Gasteiger partial charge on any atom is 0.0346 e. The Morgan fingerprint density at radius 3 is 2.00 bits per heavy atom. The molecule has 0 aliphatic carbocycles. The number of unbranched alkanes of at least 4 members (excludes halogenated alkanes) is 6. The summed E-state index contributed by atoms with van der Waals surface area (Å²) in [6.07, 6.45) is 9.57. The molecule has 19 heavy (non-hydrogen) atoms. The van der Waals surface area contributed by atoms with Gasteiger partial charge >= 0.3 is 0 Å². The highest BCUT2D eigenvalue weighted by Gasteiger charge is 2.01. The van der Waals surface area contributed by atoms with E-state index in [2.05, 4.69) is 54.2 Å². The Morgan fingerprint density at radius 1 is 0.895 bits per heavy atom. The van der Waals surface area contributed by atoms with E-state index in [1.807, 2.05) is 0 Å². The van der Waals surface area contributed by atoms with Crippen molar-refractivity contribution >= 4 is 21.6 Å². The number of benzene rings is 1. The summed E-state index contributed by atoms with van der Waals surface area (Å²) in [6.45, 7) is 7.66. The molecule has 0 atom stereocenters. The van der Waals surface area contributed by atoms with Crippen molar-refractivity contribution in [1.82, 2.24) is 0 Å². The Balaban J connectivity index is 2.16. The molecule has 0 aliphatic heterocycles. The zero-order valence-electron chi connectivity index (χ0n) is 12.7. The van der Waals surface area contributed by atoms with Crippen LogP contribution >= 0.6 is 15.9 Å². The normalized spacial score (nSPS) is 10.7. The van der Waals surface area contributed by atoms with E-state index in [4.69, 9.17) is 0 Å². The van der Waals surface area contributed by atoms with E-state index in [9.17, 15) is 0 Å². The molecule has 0 aromatic heterocycles. The van der Waals surface area contributed by atoms with Crippen molar-refractivity contribution in [2.45, 2.75) is 65.7 Å². The van der Waals surface area contributed by atoms with Gasteiger partial charge in [0.25, 0.3) is 0 Å². The van der Waals surface area contributed by atoms with E-state index >= 15 is 0 Å². The van der Waals surface area contributed by atoms with Crippen molar-refractivity contribution in [2.75, 3.05) is 11.9 Å². The van der Waals surface area contributed by atoms with Crippen LogP contribution in [-0.4, -0.2) is 6.54 Å². The fourth-order valence-corrected chi connectivity index (χ4v) is 2.59. The lowest BCUT2D eigenvalue weighted by Crippen LogP contribution is -2.02. The van der Waals surface area contributed by atoms with Crippen LogP contribution in [0.4, 0.5) is 5.69 Å². The largest absolute Gasteiger partial charge is 0.385 e. The number of hydrogen-bond donors (Lipinski definition) is 1. The molecular weight excluding hydrogens is 298 g/mol. The molecule has 108 valence electrons. The summed E-state index contributed by atoms with van der Waals surface area (Å²) in [6, 6.07) is 4.44. The molecule has 0 saturated heterocycles. The first-order chi connectivity index (χ1) is 9.15. The van der Waals surface area contributed by atoms with Crippen LogP contribution < -0.4 is 5.32 Å². The molecule has 1 aromatic rings. The molecule has 0 bridgehead atoms. The maximum atomic E-state index is 3.61. The minimum atomic E-state index is 1.09. The van der Waals surface area contributed by atoms with Gasteiger partial charge in [-0.3, -0.25) is 0 Å². The molecule has 0 spiro atoms. The summed E-state index contributed by atoms with van der Waals surface area (Å²) in [5.41, 5.74) is 3.87. The highest BCUT2D eigenvalue weighted by molar-refractivity contribution is 9.10. The first-order valence-corrected chi connectivity index (χ1v) is 8.45. The quantitative estimate of drug-likeness (QED) is 0.531. The third-order valence-corrected chi connectivity index (χ3v) is 4.80. The number of rotatable bonds is 9. The van der Waals surface area contributed by atoms with Gasteiger partial charge in [-0.1, -0.05) is 61.4 Å². The van der Waals surface area contributed by atoms with Crippen molar-refractivity contribution in [3.63, 3.8) is 0 Å². The number of hydrogen-bond acceptors (Lipinski definition) is 1. The van der Waals surface area contributed by atoms with Crippen LogP contribution in [0.25, 0.3) is 0 Å². The number of aryl methyl sites for hydroxylation is 2. The Kier molecular flexibility index (Phi) is 8.20. The van der Waals surface area contributed by atoms with Crippen LogP contribution in [0.1, 0.15) is 63.0 Å². The summed E-state index contributed by atoms with van der Waals surface area (Å²) < 4.78 is 1.23. The lowest BCUT2D eigenvalue weighted by molar-refractivity contribution is 0.596. The lowest BCUT2D eigenvalue weighted by Gasteiger charge is -2.10. The molecule has 1 rings (SSSR count). The average Bonchev–Trinajstić information content (AvgIpc) is 2.39. The molecule has 0 aliphatic rings. The lowest BCUT2D eigenvalue weighted by atomic mass is 10.1. The minimum Gasteiger partial charge on any atom is -0.385 e. The molecule has 0 fully saturated rings. The van der Waals surface area contributed by atoms with Crippen molar-refractivity contribution in [3.05, 3.63) is 27.7 Å². The van der Waals surface area contributed by atoms with Crippen LogP contribution in [0.15, 0.2) is 16.6 Å². The van der Waals surface area contributed by atoms with Gasteiger partial charge in [0.1, 0.15) is 0 Å². The number of nitrogens with one attached hydrogen (secondary N) is 1. The molecule has 2 heteroatoms. The van der Waals surface area contributed by atoms with Gasteiger partial charge in [-0.05, 0) is 43.5 Å². The number of halogens is 1. The predicted octanol–water partition coefficient (Wildman–Crippen LogP) is 6.23. The van der Waals surface area contributed by atoms with E-state index < -0.39 is 0 Å². The van der Waals surface area contributed by atoms with Gasteiger partial charge < -0.3 is 5.32 Å². The summed E-state index contributed by atoms with van der Waals surface area (Å²) in [5.74, 6) is 0. The first kappa shape index (κ1) is 16.6. The molecule has 1 N–H and O–H groups in total. The molecule has 0 heterocycles. The van der Waals surface area contributed by atoms with Gasteiger partial charge in [0.2, 0.25) is 0 Å². The molecular formula is C17H28BrN. The summed E-state index contributed by atoms with van der Waals surface area (Å²) in [4.78, 5) is 0. The minimum absolute atomic E-state index is 1.09. The van der Waals surface area contributed by atoms with Gasteiger partial charge in [-0.25, -0.2) is 0 Å². The smallest absolute Gasteiger partial charge is 0.0346 e. The van der Waals surface area contributed by atoms with Crippen molar-refractivity contribution in [1.29, 1.82) is 0 Å². The van der Waals surface area contributed by atoms with Gasteiger partial charge in [0.05, 0.1) is 0 Å². The Labute approximate surface area is 127 Å². The second-order valence-electron chi connectivity index (χ2n) is 5.47. The summed E-state index contributed by atoms with van der Waals surface area (Å²) in [5, 5.41) is 3.53. The van der Waals surface area contributed by atoms with Crippen LogP contribution in [0.5, 0.6) is 0 Å². The van der Waals surface area contributed by atoms with E-state index in [0.717, 1.165) is 6.54 Å². The van der Waals surface area contributed by atoms with Crippen molar-refractivity contribution in [3.8, 4) is 0 Å². The molecule has 0 amide bonds. The maximum absolute atomic E-state index is 3.61. The molecule has 0 saturated carbocycles. The topological polar surface area (TPSA) is 12.0 Å². The SMILES string of the molecule is CCCCCCCCCNc1cc(C)c(Br)c(C)c1. The molecule has 0 unspecified atom stereocenters. The van der Waals surface area contributed by atoms with Gasteiger partial charge in [-0.2, -0.15) is 0 Å². The average molecular weight is 326 g/mol. The summed E-state index contributed by atoms with van der Waals surface area (Å²) in [7, 11) is 0. The molecule has 1 aromatic carbocycles. The second-order valence-corrected chi connectivity index (χ2v) is 6.27. The first-order valence-electron chi connectivity index (χ1n) is 7.65. The highest BCUT2D eigenvalue weighted by atomic mass is 79.9. The molecule has 0 radical (unpaired) electrons. The van der Waals surface area contributed by atoms with Crippen LogP contribution in [-0.2, 0) is 0 Å². The standard InChI is InChI=1S/C17H28BrN/c1-4-5-6-7-8-9-10-11-19-16-12-14(2)17(18)15(3)13-16/h12-13,19H,4-11H2,1-3H3. The molecule has 1 nitrogen and oxygen atoms in total. The highest BCUT2D eigenvalue weighted by Crippen LogP contribution is 2.25. The predicted molar refractivity (Wildman–Crippen MR) is 90.1 cm³/mol. The Hall–Kier alpha value is -0.500. The van der Waals surface area contributed by atoms with E-state index in [1.54, 1.807) is 0 Å². The second kappa shape index (κ2) is 9.41. The number of anilines is 1. The van der Waals surface area contributed by atoms with Crippen molar-refractivity contribution < 1.29 is 0 Å². The van der Waals surface area contributed by atoms with Gasteiger partial charge in [0.15, 0.2) is 0 Å². The Bertz CT molecular complexity index is 351. The van der Waals surface area contributed by atoms with Crippen LogP contribution in [0.2, 0.25) is 0 Å². The third kappa shape index (κ3) is 6.47. The van der Waals surface area contributed by atoms with E-state index in [0.29, 0.717) is 0 Å². The third-order valence-electron chi connectivity index (χ3n) is 3.55. The van der Waals surface area contributed by atoms with E-state index in [1.165, 1.54) is 66.2 Å². The fraction of sp³-hybridized carbons (Fsp3) is 0.647. The van der Waals surface area contributed by atoms with E-state index in [-0.39, 0.29) is 0 Å². The zero-order valence-corrected chi connectivity index (χ0v) is 14.3. The Morgan fingerprint density at radius 2 is 1.42 bits per heavy atom. The van der Waals surface area contributed by atoms with Crippen LogP contribution in [0.3, 0.4) is 0 Å². The van der Waals surface area contributed by atoms with Crippen molar-refractivity contribution in [2.24, 2.45) is 0 Å². The van der Waals surface area contributed by atoms with Gasteiger partial charge in [-0.15, -0.1) is 0 Å². The fourth-order valence-electron chi connectivity index (χ4n) is 2.36. The van der Waals surface area contributed by atoms with Crippen LogP contribution in [0, 0.1) is 13.8 Å². The monoisotopic (exact) mass is 325 g/mol. The zero-order chi connectivity index (χ0) is 14.1.